The highest BCUT2D eigenvalue weighted by Crippen LogP contribution is 2.44. The van der Waals surface area contributed by atoms with Crippen LogP contribution < -0.4 is 5.32 Å². The van der Waals surface area contributed by atoms with Crippen LogP contribution in [0.2, 0.25) is 0 Å². The van der Waals surface area contributed by atoms with Crippen LogP contribution in [0.4, 0.5) is 4.79 Å². The molecule has 2 saturated carbocycles. The van der Waals surface area contributed by atoms with Crippen molar-refractivity contribution >= 4 is 6.09 Å². The van der Waals surface area contributed by atoms with Crippen molar-refractivity contribution < 1.29 is 9.53 Å². The Morgan fingerprint density at radius 2 is 2.00 bits per heavy atom. The predicted octanol–water partition coefficient (Wildman–Crippen LogP) is 3.41. The van der Waals surface area contributed by atoms with E-state index in [-0.39, 0.29) is 6.09 Å². The summed E-state index contributed by atoms with van der Waals surface area (Å²) in [6.45, 7) is 10.3. The second kappa shape index (κ2) is 6.99. The molecule has 4 heteroatoms. The number of rotatable bonds is 6. The van der Waals surface area contributed by atoms with E-state index in [1.54, 1.807) is 0 Å². The molecule has 122 valence electrons. The van der Waals surface area contributed by atoms with Crippen molar-refractivity contribution in [2.24, 2.45) is 11.8 Å². The van der Waals surface area contributed by atoms with Crippen LogP contribution in [0, 0.1) is 11.8 Å². The number of amides is 1. The Balaban J connectivity index is 1.73. The number of carbonyl (C=O) groups is 1. The zero-order valence-corrected chi connectivity index (χ0v) is 14.2. The molecule has 0 saturated heterocycles. The van der Waals surface area contributed by atoms with Crippen molar-refractivity contribution in [3.05, 3.63) is 0 Å². The Hall–Kier alpha value is -0.770. The van der Waals surface area contributed by atoms with Gasteiger partial charge in [0.05, 0.1) is 0 Å². The van der Waals surface area contributed by atoms with Crippen LogP contribution in [0.1, 0.15) is 59.8 Å². The molecule has 0 aromatic heterocycles. The summed E-state index contributed by atoms with van der Waals surface area (Å²) in [5, 5.41) is 3.67. The normalized spacial score (nSPS) is 27.9. The van der Waals surface area contributed by atoms with Crippen LogP contribution in [0.15, 0.2) is 0 Å². The number of ether oxygens (including phenoxy) is 1. The number of hydrogen-bond donors (Lipinski definition) is 1. The quantitative estimate of drug-likeness (QED) is 0.816. The molecule has 0 aromatic carbocycles. The van der Waals surface area contributed by atoms with Crippen molar-refractivity contribution in [2.45, 2.75) is 71.4 Å². The SMILES string of the molecule is CCCN(CCNC1CC2CCC1C2)C(=O)OC(C)(C)C. The van der Waals surface area contributed by atoms with E-state index in [9.17, 15) is 4.79 Å². The molecule has 1 N–H and O–H groups in total. The average Bonchev–Trinajstić information content (AvgIpc) is 2.97. The number of nitrogens with one attached hydrogen (secondary N) is 1. The summed E-state index contributed by atoms with van der Waals surface area (Å²) in [6.07, 6.45) is 6.37. The predicted molar refractivity (Wildman–Crippen MR) is 85.3 cm³/mol. The fourth-order valence-corrected chi connectivity index (χ4v) is 3.77. The molecule has 3 unspecified atom stereocenters. The second-order valence-corrected chi connectivity index (χ2v) is 7.70. The van der Waals surface area contributed by atoms with E-state index >= 15 is 0 Å². The first kappa shape index (κ1) is 16.6. The third-order valence-electron chi connectivity index (χ3n) is 4.67. The lowest BCUT2D eigenvalue weighted by Gasteiger charge is -2.29. The molecule has 3 atom stereocenters. The van der Waals surface area contributed by atoms with Crippen LogP contribution in [0.3, 0.4) is 0 Å². The van der Waals surface area contributed by atoms with Crippen molar-refractivity contribution in [1.29, 1.82) is 0 Å². The first-order valence-corrected chi connectivity index (χ1v) is 8.60. The van der Waals surface area contributed by atoms with Gasteiger partial charge in [-0.3, -0.25) is 0 Å². The van der Waals surface area contributed by atoms with Crippen molar-refractivity contribution in [1.82, 2.24) is 10.2 Å². The first-order chi connectivity index (χ1) is 9.89. The second-order valence-electron chi connectivity index (χ2n) is 7.70. The fraction of sp³-hybridized carbons (Fsp3) is 0.941. The van der Waals surface area contributed by atoms with Gasteiger partial charge in [0.1, 0.15) is 5.60 Å². The molecule has 2 aliphatic rings. The summed E-state index contributed by atoms with van der Waals surface area (Å²) in [6, 6.07) is 0.686. The van der Waals surface area contributed by atoms with E-state index < -0.39 is 5.60 Å². The molecule has 2 bridgehead atoms. The smallest absolute Gasteiger partial charge is 0.410 e. The third-order valence-corrected chi connectivity index (χ3v) is 4.67. The largest absolute Gasteiger partial charge is 0.444 e. The highest BCUT2D eigenvalue weighted by molar-refractivity contribution is 5.68. The molecule has 2 aliphatic carbocycles. The minimum atomic E-state index is -0.416. The Morgan fingerprint density at radius 3 is 2.52 bits per heavy atom. The monoisotopic (exact) mass is 296 g/mol. The van der Waals surface area contributed by atoms with E-state index in [0.29, 0.717) is 6.04 Å². The zero-order chi connectivity index (χ0) is 15.5. The van der Waals surface area contributed by atoms with Crippen molar-refractivity contribution in [2.75, 3.05) is 19.6 Å². The molecule has 2 fully saturated rings. The highest BCUT2D eigenvalue weighted by atomic mass is 16.6. The Bertz CT molecular complexity index is 351. The fourth-order valence-electron chi connectivity index (χ4n) is 3.77. The van der Waals surface area contributed by atoms with Gasteiger partial charge in [0.15, 0.2) is 0 Å². The van der Waals surface area contributed by atoms with E-state index in [4.69, 9.17) is 4.74 Å². The lowest BCUT2D eigenvalue weighted by molar-refractivity contribution is 0.0250. The Labute approximate surface area is 129 Å². The number of fused-ring (bicyclic) bond motifs is 2. The van der Waals surface area contributed by atoms with Gasteiger partial charge in [-0.25, -0.2) is 4.79 Å². The average molecular weight is 296 g/mol. The standard InChI is InChI=1S/C17H32N2O2/c1-5-9-19(16(20)21-17(2,3)4)10-8-18-15-12-13-6-7-14(15)11-13/h13-15,18H,5-12H2,1-4H3. The van der Waals surface area contributed by atoms with Crippen LogP contribution in [-0.2, 0) is 4.74 Å². The number of carbonyl (C=O) groups excluding carboxylic acids is 1. The summed E-state index contributed by atoms with van der Waals surface area (Å²) in [5.74, 6) is 1.85. The maximum absolute atomic E-state index is 12.2. The van der Waals surface area contributed by atoms with Crippen LogP contribution >= 0.6 is 0 Å². The maximum atomic E-state index is 12.2. The van der Waals surface area contributed by atoms with E-state index in [2.05, 4.69) is 12.2 Å². The summed E-state index contributed by atoms with van der Waals surface area (Å²) in [7, 11) is 0. The molecule has 1 amide bonds. The van der Waals surface area contributed by atoms with Gasteiger partial charge in [-0.05, 0) is 58.3 Å². The minimum Gasteiger partial charge on any atom is -0.444 e. The van der Waals surface area contributed by atoms with E-state index in [1.165, 1.54) is 25.7 Å². The van der Waals surface area contributed by atoms with E-state index in [1.807, 2.05) is 25.7 Å². The summed E-state index contributed by atoms with van der Waals surface area (Å²) < 4.78 is 5.48. The molecule has 0 radical (unpaired) electrons. The van der Waals surface area contributed by atoms with Gasteiger partial charge in [-0.2, -0.15) is 0 Å². The van der Waals surface area contributed by atoms with Gasteiger partial charge in [0.2, 0.25) is 0 Å². The number of nitrogens with zero attached hydrogens (tertiary/aromatic N) is 1. The third kappa shape index (κ3) is 4.87. The summed E-state index contributed by atoms with van der Waals surface area (Å²) >= 11 is 0. The Morgan fingerprint density at radius 1 is 1.24 bits per heavy atom. The van der Waals surface area contributed by atoms with Gasteiger partial charge < -0.3 is 15.0 Å². The molecule has 0 aromatic rings. The van der Waals surface area contributed by atoms with Crippen LogP contribution in [0.25, 0.3) is 0 Å². The molecular formula is C17H32N2O2. The van der Waals surface area contributed by atoms with Crippen molar-refractivity contribution in [3.8, 4) is 0 Å². The summed E-state index contributed by atoms with van der Waals surface area (Å²) in [4.78, 5) is 14.0. The van der Waals surface area contributed by atoms with Crippen LogP contribution in [0.5, 0.6) is 0 Å². The zero-order valence-electron chi connectivity index (χ0n) is 14.2. The molecule has 4 nitrogen and oxygen atoms in total. The molecular weight excluding hydrogens is 264 g/mol. The summed E-state index contributed by atoms with van der Waals surface area (Å²) in [5.41, 5.74) is -0.416. The molecule has 0 spiro atoms. The lowest BCUT2D eigenvalue weighted by Crippen LogP contribution is -2.43. The molecule has 0 aliphatic heterocycles. The van der Waals surface area contributed by atoms with Gasteiger partial charge in [-0.1, -0.05) is 13.3 Å². The van der Waals surface area contributed by atoms with Crippen molar-refractivity contribution in [3.63, 3.8) is 0 Å². The molecule has 2 rings (SSSR count). The maximum Gasteiger partial charge on any atom is 0.410 e. The van der Waals surface area contributed by atoms with E-state index in [0.717, 1.165) is 37.9 Å². The lowest BCUT2D eigenvalue weighted by atomic mass is 9.95. The van der Waals surface area contributed by atoms with Gasteiger partial charge in [-0.15, -0.1) is 0 Å². The number of hydrogen-bond acceptors (Lipinski definition) is 3. The minimum absolute atomic E-state index is 0.181. The van der Waals surface area contributed by atoms with Gasteiger partial charge >= 0.3 is 6.09 Å². The van der Waals surface area contributed by atoms with Crippen LogP contribution in [-0.4, -0.2) is 42.3 Å². The van der Waals surface area contributed by atoms with Gasteiger partial charge in [0, 0.05) is 25.7 Å². The molecule has 21 heavy (non-hydrogen) atoms. The van der Waals surface area contributed by atoms with Gasteiger partial charge in [0.25, 0.3) is 0 Å². The first-order valence-electron chi connectivity index (χ1n) is 8.60. The topological polar surface area (TPSA) is 41.6 Å². The Kier molecular flexibility index (Phi) is 5.53. The highest BCUT2D eigenvalue weighted by Gasteiger charge is 2.39. The molecule has 0 heterocycles.